The van der Waals surface area contributed by atoms with Gasteiger partial charge >= 0.3 is 5.97 Å². The Balaban J connectivity index is 1.68. The standard InChI is InChI=1S/C28H24N2O8S/c1-5-37-18-11-10-16(13-19(18)35-3)22-21(23(31)20-12-15-8-6-7-9-17(15)38-20)24(32)26(33)30(22)28-29-14(2)25(39-28)27(34)36-4/h6-13,22,32H,5H2,1-4H3. The Labute approximate surface area is 227 Å². The first kappa shape index (κ1) is 26.0. The Hall–Kier alpha value is -4.64. The molecule has 1 aliphatic rings. The molecule has 0 spiro atoms. The minimum atomic E-state index is -1.11. The molecule has 4 aromatic rings. The second kappa shape index (κ2) is 10.3. The van der Waals surface area contributed by atoms with Crippen LogP contribution in [0.3, 0.4) is 0 Å². The number of nitrogens with zero attached hydrogens (tertiary/aromatic N) is 2. The van der Waals surface area contributed by atoms with E-state index in [4.69, 9.17) is 18.6 Å². The smallest absolute Gasteiger partial charge is 0.350 e. The zero-order chi connectivity index (χ0) is 27.8. The second-order valence-electron chi connectivity index (χ2n) is 8.56. The van der Waals surface area contributed by atoms with E-state index in [1.54, 1.807) is 49.4 Å². The predicted molar refractivity (Wildman–Crippen MR) is 143 cm³/mol. The molecule has 5 rings (SSSR count). The fourth-order valence-electron chi connectivity index (χ4n) is 4.47. The quantitative estimate of drug-likeness (QED) is 0.234. The molecule has 10 nitrogen and oxygen atoms in total. The van der Waals surface area contributed by atoms with Gasteiger partial charge in [0.2, 0.25) is 5.78 Å². The number of furan rings is 1. The van der Waals surface area contributed by atoms with E-state index in [1.807, 2.05) is 13.0 Å². The molecule has 0 saturated heterocycles. The number of carbonyl (C=O) groups excluding carboxylic acids is 3. The van der Waals surface area contributed by atoms with Crippen LogP contribution in [0.1, 0.15) is 44.4 Å². The first-order chi connectivity index (χ1) is 18.8. The largest absolute Gasteiger partial charge is 0.503 e. The zero-order valence-corrected chi connectivity index (χ0v) is 22.3. The highest BCUT2D eigenvalue weighted by molar-refractivity contribution is 7.17. The van der Waals surface area contributed by atoms with Gasteiger partial charge in [-0.15, -0.1) is 0 Å². The van der Waals surface area contributed by atoms with Gasteiger partial charge in [-0.05, 0) is 43.7 Å². The molecule has 0 bridgehead atoms. The molecule has 0 saturated carbocycles. The van der Waals surface area contributed by atoms with Crippen molar-refractivity contribution in [2.75, 3.05) is 25.7 Å². The van der Waals surface area contributed by atoms with Gasteiger partial charge in [-0.25, -0.2) is 9.78 Å². The van der Waals surface area contributed by atoms with Gasteiger partial charge in [0.15, 0.2) is 28.1 Å². The van der Waals surface area contributed by atoms with Crippen molar-refractivity contribution in [3.63, 3.8) is 0 Å². The summed E-state index contributed by atoms with van der Waals surface area (Å²) in [4.78, 5) is 45.4. The van der Waals surface area contributed by atoms with Crippen LogP contribution in [0, 0.1) is 6.92 Å². The number of ether oxygens (including phenoxy) is 3. The van der Waals surface area contributed by atoms with Crippen LogP contribution in [0.25, 0.3) is 11.0 Å². The lowest BCUT2D eigenvalue weighted by Gasteiger charge is -2.25. The number of rotatable bonds is 8. The van der Waals surface area contributed by atoms with Gasteiger partial charge in [-0.2, -0.15) is 0 Å². The van der Waals surface area contributed by atoms with Crippen LogP contribution < -0.4 is 14.4 Å². The average molecular weight is 549 g/mol. The number of hydrogen-bond acceptors (Lipinski definition) is 10. The normalized spacial score (nSPS) is 15.2. The zero-order valence-electron chi connectivity index (χ0n) is 21.5. The Bertz CT molecular complexity index is 1620. The van der Waals surface area contributed by atoms with Crippen LogP contribution in [0.2, 0.25) is 0 Å². The number of amides is 1. The number of para-hydroxylation sites is 1. The number of fused-ring (bicyclic) bond motifs is 1. The van der Waals surface area contributed by atoms with Gasteiger partial charge in [0.25, 0.3) is 5.91 Å². The first-order valence-electron chi connectivity index (χ1n) is 11.9. The predicted octanol–water partition coefficient (Wildman–Crippen LogP) is 5.17. The highest BCUT2D eigenvalue weighted by Crippen LogP contribution is 2.45. The molecule has 1 amide bonds. The van der Waals surface area contributed by atoms with Crippen LogP contribution in [0.4, 0.5) is 5.13 Å². The summed E-state index contributed by atoms with van der Waals surface area (Å²) in [6.07, 6.45) is 0. The highest BCUT2D eigenvalue weighted by atomic mass is 32.1. The van der Waals surface area contributed by atoms with Gasteiger partial charge in [-0.3, -0.25) is 14.5 Å². The number of aryl methyl sites for hydroxylation is 1. The van der Waals surface area contributed by atoms with E-state index >= 15 is 0 Å². The molecular weight excluding hydrogens is 524 g/mol. The van der Waals surface area contributed by atoms with Crippen molar-refractivity contribution in [2.24, 2.45) is 0 Å². The van der Waals surface area contributed by atoms with Crippen LogP contribution in [-0.4, -0.2) is 48.6 Å². The van der Waals surface area contributed by atoms with E-state index in [0.29, 0.717) is 40.3 Å². The van der Waals surface area contributed by atoms with Crippen molar-refractivity contribution >= 4 is 45.1 Å². The molecule has 2 aromatic carbocycles. The molecule has 0 aliphatic carbocycles. The Morgan fingerprint density at radius 3 is 2.59 bits per heavy atom. The molecule has 2 aromatic heterocycles. The molecule has 1 atom stereocenters. The third-order valence-corrected chi connectivity index (χ3v) is 7.40. The number of aliphatic hydroxyl groups is 1. The number of anilines is 1. The van der Waals surface area contributed by atoms with Crippen LogP contribution in [-0.2, 0) is 9.53 Å². The van der Waals surface area contributed by atoms with Gasteiger partial charge in [-0.1, -0.05) is 35.6 Å². The average Bonchev–Trinajstić information content (AvgIpc) is 3.62. The Morgan fingerprint density at radius 1 is 1.13 bits per heavy atom. The SMILES string of the molecule is CCOc1ccc(C2C(C(=O)c3cc4ccccc4o3)=C(O)C(=O)N2c2nc(C)c(C(=O)OC)s2)cc1OC. The van der Waals surface area contributed by atoms with E-state index in [0.717, 1.165) is 11.3 Å². The van der Waals surface area contributed by atoms with Crippen molar-refractivity contribution in [3.05, 3.63) is 81.8 Å². The fraction of sp³-hybridized carbons (Fsp3) is 0.214. The highest BCUT2D eigenvalue weighted by Gasteiger charge is 2.47. The van der Waals surface area contributed by atoms with Crippen LogP contribution >= 0.6 is 11.3 Å². The third-order valence-electron chi connectivity index (χ3n) is 6.27. The maximum Gasteiger partial charge on any atom is 0.350 e. The van der Waals surface area contributed by atoms with Gasteiger partial charge in [0, 0.05) is 5.39 Å². The summed E-state index contributed by atoms with van der Waals surface area (Å²) in [5.41, 5.74) is 1.08. The maximum atomic E-state index is 13.8. The molecule has 1 N–H and O–H groups in total. The van der Waals surface area contributed by atoms with Crippen molar-refractivity contribution in [3.8, 4) is 11.5 Å². The summed E-state index contributed by atoms with van der Waals surface area (Å²) in [5, 5.41) is 11.9. The van der Waals surface area contributed by atoms with E-state index in [9.17, 15) is 19.5 Å². The lowest BCUT2D eigenvalue weighted by atomic mass is 9.95. The number of esters is 1. The minimum absolute atomic E-state index is 0.0409. The van der Waals surface area contributed by atoms with Gasteiger partial charge in [0.05, 0.1) is 38.1 Å². The van der Waals surface area contributed by atoms with E-state index < -0.39 is 29.5 Å². The molecule has 200 valence electrons. The van der Waals surface area contributed by atoms with Crippen molar-refractivity contribution < 1.29 is 38.1 Å². The van der Waals surface area contributed by atoms with E-state index in [1.165, 1.54) is 19.1 Å². The second-order valence-corrected chi connectivity index (χ2v) is 9.54. The van der Waals surface area contributed by atoms with Crippen molar-refractivity contribution in [1.82, 2.24) is 4.98 Å². The first-order valence-corrected chi connectivity index (χ1v) is 12.8. The number of carbonyl (C=O) groups is 3. The van der Waals surface area contributed by atoms with Crippen LogP contribution in [0.5, 0.6) is 11.5 Å². The number of aliphatic hydroxyl groups excluding tert-OH is 1. The lowest BCUT2D eigenvalue weighted by molar-refractivity contribution is -0.117. The Kier molecular flexibility index (Phi) is 6.83. The molecular formula is C28H24N2O8S. The summed E-state index contributed by atoms with van der Waals surface area (Å²) in [6, 6.07) is 12.5. The van der Waals surface area contributed by atoms with E-state index in [-0.39, 0.29) is 21.3 Å². The molecule has 39 heavy (non-hydrogen) atoms. The molecule has 11 heteroatoms. The number of hydrogen-bond donors (Lipinski definition) is 1. The number of Topliss-reactive ketones (excluding diaryl/α,β-unsaturated/α-hetero) is 1. The summed E-state index contributed by atoms with van der Waals surface area (Å²) in [6.45, 7) is 3.84. The third kappa shape index (κ3) is 4.40. The summed E-state index contributed by atoms with van der Waals surface area (Å²) >= 11 is 0.919. The van der Waals surface area contributed by atoms with Crippen LogP contribution in [0.15, 0.2) is 64.3 Å². The summed E-state index contributed by atoms with van der Waals surface area (Å²) in [7, 11) is 2.72. The number of thiazole rings is 1. The minimum Gasteiger partial charge on any atom is -0.503 e. The lowest BCUT2D eigenvalue weighted by Crippen LogP contribution is -2.31. The molecule has 0 radical (unpaired) electrons. The van der Waals surface area contributed by atoms with Crippen molar-refractivity contribution in [1.29, 1.82) is 0 Å². The number of methoxy groups -OCH3 is 2. The summed E-state index contributed by atoms with van der Waals surface area (Å²) < 4.78 is 21.7. The monoisotopic (exact) mass is 548 g/mol. The van der Waals surface area contributed by atoms with Crippen molar-refractivity contribution in [2.45, 2.75) is 19.9 Å². The molecule has 3 heterocycles. The molecule has 0 fully saturated rings. The van der Waals surface area contributed by atoms with Gasteiger partial charge in [0.1, 0.15) is 10.5 Å². The molecule has 1 aliphatic heterocycles. The topological polar surface area (TPSA) is 128 Å². The van der Waals surface area contributed by atoms with Gasteiger partial charge < -0.3 is 23.7 Å². The Morgan fingerprint density at radius 2 is 1.90 bits per heavy atom. The number of ketones is 1. The summed E-state index contributed by atoms with van der Waals surface area (Å²) in [5.74, 6) is -2.08. The molecule has 1 unspecified atom stereocenters. The van der Waals surface area contributed by atoms with E-state index in [2.05, 4.69) is 4.98 Å². The number of aromatic nitrogens is 1. The maximum absolute atomic E-state index is 13.8. The fourth-order valence-corrected chi connectivity index (χ4v) is 5.48. The number of benzene rings is 2.